The molecule has 1 aromatic heterocycles. The number of carbonyl (C=O) groups is 3. The number of amides is 3. The zero-order valence-corrected chi connectivity index (χ0v) is 18.2. The highest BCUT2D eigenvalue weighted by molar-refractivity contribution is 7.09. The highest BCUT2D eigenvalue weighted by Gasteiger charge is 2.18. The second kappa shape index (κ2) is 12.0. The van der Waals surface area contributed by atoms with Gasteiger partial charge >= 0.3 is 12.0 Å². The zero-order chi connectivity index (χ0) is 21.9. The fourth-order valence-electron chi connectivity index (χ4n) is 2.36. The van der Waals surface area contributed by atoms with Crippen molar-refractivity contribution >= 4 is 40.8 Å². The van der Waals surface area contributed by atoms with Crippen LogP contribution in [0.1, 0.15) is 28.6 Å². The van der Waals surface area contributed by atoms with E-state index in [9.17, 15) is 14.4 Å². The van der Waals surface area contributed by atoms with Crippen molar-refractivity contribution in [3.8, 4) is 11.5 Å². The second-order valence-electron chi connectivity index (χ2n) is 6.05. The van der Waals surface area contributed by atoms with Gasteiger partial charge in [0, 0.05) is 11.4 Å². The molecule has 2 N–H and O–H groups in total. The highest BCUT2D eigenvalue weighted by atomic mass is 35.5. The Bertz CT molecular complexity index is 872. The molecule has 10 heteroatoms. The van der Waals surface area contributed by atoms with Crippen molar-refractivity contribution in [2.24, 2.45) is 0 Å². The lowest BCUT2D eigenvalue weighted by Gasteiger charge is -2.13. The molecule has 0 aliphatic rings. The molecule has 1 heterocycles. The monoisotopic (exact) mass is 454 g/mol. The van der Waals surface area contributed by atoms with E-state index in [4.69, 9.17) is 25.8 Å². The summed E-state index contributed by atoms with van der Waals surface area (Å²) >= 11 is 7.75. The molecule has 0 saturated carbocycles. The third-order valence-electron chi connectivity index (χ3n) is 3.74. The van der Waals surface area contributed by atoms with Gasteiger partial charge in [-0.3, -0.25) is 10.1 Å². The normalized spacial score (nSPS) is 10.2. The largest absolute Gasteiger partial charge is 0.493 e. The van der Waals surface area contributed by atoms with E-state index in [0.717, 1.165) is 11.3 Å². The van der Waals surface area contributed by atoms with Gasteiger partial charge in [0.25, 0.3) is 5.91 Å². The fraction of sp³-hybridized carbons (Fsp3) is 0.350. The summed E-state index contributed by atoms with van der Waals surface area (Å²) in [7, 11) is 1.42. The van der Waals surface area contributed by atoms with Gasteiger partial charge in [-0.2, -0.15) is 0 Å². The molecule has 2 rings (SSSR count). The molecular formula is C20H23ClN2O6S. The summed E-state index contributed by atoms with van der Waals surface area (Å²) in [5.41, 5.74) is 0.0916. The van der Waals surface area contributed by atoms with Crippen molar-refractivity contribution in [2.75, 3.05) is 26.9 Å². The van der Waals surface area contributed by atoms with Gasteiger partial charge in [0.15, 0.2) is 18.1 Å². The number of ether oxygens (including phenoxy) is 3. The predicted octanol–water partition coefficient (Wildman–Crippen LogP) is 3.42. The minimum absolute atomic E-state index is 0.0916. The number of benzene rings is 1. The first-order chi connectivity index (χ1) is 14.4. The van der Waals surface area contributed by atoms with Crippen molar-refractivity contribution in [3.05, 3.63) is 45.1 Å². The number of esters is 1. The van der Waals surface area contributed by atoms with E-state index in [0.29, 0.717) is 25.3 Å². The van der Waals surface area contributed by atoms with E-state index >= 15 is 0 Å². The number of methoxy groups -OCH3 is 1. The van der Waals surface area contributed by atoms with Crippen molar-refractivity contribution < 1.29 is 28.6 Å². The van der Waals surface area contributed by atoms with Crippen LogP contribution in [0.4, 0.5) is 4.79 Å². The van der Waals surface area contributed by atoms with Crippen LogP contribution in [0.2, 0.25) is 5.02 Å². The molecule has 0 saturated heterocycles. The van der Waals surface area contributed by atoms with Gasteiger partial charge < -0.3 is 19.5 Å². The molecule has 0 atom stereocenters. The maximum absolute atomic E-state index is 12.2. The Morgan fingerprint density at radius 3 is 2.70 bits per heavy atom. The van der Waals surface area contributed by atoms with Crippen LogP contribution in [0.15, 0.2) is 29.6 Å². The Kier molecular flexibility index (Phi) is 9.43. The minimum Gasteiger partial charge on any atom is -0.493 e. The Morgan fingerprint density at radius 2 is 2.03 bits per heavy atom. The average molecular weight is 455 g/mol. The molecule has 0 bridgehead atoms. The molecule has 3 amide bonds. The number of imide groups is 1. The molecular weight excluding hydrogens is 432 g/mol. The van der Waals surface area contributed by atoms with Crippen LogP contribution in [0.3, 0.4) is 0 Å². The quantitative estimate of drug-likeness (QED) is 0.533. The van der Waals surface area contributed by atoms with Gasteiger partial charge in [-0.1, -0.05) is 24.6 Å². The Labute approximate surface area is 183 Å². The molecule has 0 fully saturated rings. The van der Waals surface area contributed by atoms with Crippen LogP contribution in [0, 0.1) is 0 Å². The molecule has 0 radical (unpaired) electrons. The van der Waals surface area contributed by atoms with E-state index in [1.54, 1.807) is 11.3 Å². The van der Waals surface area contributed by atoms with E-state index in [1.165, 1.54) is 19.2 Å². The third-order valence-corrected chi connectivity index (χ3v) is 4.96. The Hall–Kier alpha value is -2.78. The summed E-state index contributed by atoms with van der Waals surface area (Å²) in [5, 5.41) is 6.79. The summed E-state index contributed by atoms with van der Waals surface area (Å²) in [6, 6.07) is 6.00. The summed E-state index contributed by atoms with van der Waals surface area (Å²) in [5.74, 6) is -0.935. The van der Waals surface area contributed by atoms with Crippen LogP contribution in [-0.4, -0.2) is 44.8 Å². The standard InChI is InChI=1S/C20H23ClN2O6S/c1-3-8-28-18-15(21)10-13(11-16(18)27-2)19(25)29-12-17(24)23-20(26)22-7-6-14-5-4-9-30-14/h4-5,9-11H,3,6-8,12H2,1-2H3,(H2,22,23,24,26). The smallest absolute Gasteiger partial charge is 0.338 e. The van der Waals surface area contributed by atoms with Crippen LogP contribution in [-0.2, 0) is 16.0 Å². The summed E-state index contributed by atoms with van der Waals surface area (Å²) in [6.07, 6.45) is 1.44. The first-order valence-corrected chi connectivity index (χ1v) is 10.5. The first kappa shape index (κ1) is 23.5. The van der Waals surface area contributed by atoms with Crippen LogP contribution in [0.5, 0.6) is 11.5 Å². The van der Waals surface area contributed by atoms with Gasteiger partial charge in [0.1, 0.15) is 0 Å². The highest BCUT2D eigenvalue weighted by Crippen LogP contribution is 2.36. The molecule has 0 spiro atoms. The van der Waals surface area contributed by atoms with Gasteiger partial charge in [-0.25, -0.2) is 9.59 Å². The molecule has 2 aromatic rings. The van der Waals surface area contributed by atoms with E-state index < -0.39 is 24.5 Å². The van der Waals surface area contributed by atoms with E-state index in [2.05, 4.69) is 10.6 Å². The Morgan fingerprint density at radius 1 is 1.23 bits per heavy atom. The molecule has 30 heavy (non-hydrogen) atoms. The summed E-state index contributed by atoms with van der Waals surface area (Å²) in [4.78, 5) is 36.9. The molecule has 1 aromatic carbocycles. The SMILES string of the molecule is CCCOc1c(Cl)cc(C(=O)OCC(=O)NC(=O)NCCc2cccs2)cc1OC. The molecule has 8 nitrogen and oxygen atoms in total. The third kappa shape index (κ3) is 7.23. The molecule has 0 aliphatic carbocycles. The van der Waals surface area contributed by atoms with Crippen molar-refractivity contribution in [1.82, 2.24) is 10.6 Å². The maximum atomic E-state index is 12.2. The Balaban J connectivity index is 1.81. The summed E-state index contributed by atoms with van der Waals surface area (Å²) < 4.78 is 15.7. The lowest BCUT2D eigenvalue weighted by atomic mass is 10.2. The number of rotatable bonds is 10. The molecule has 0 unspecified atom stereocenters. The summed E-state index contributed by atoms with van der Waals surface area (Å²) in [6.45, 7) is 2.14. The maximum Gasteiger partial charge on any atom is 0.338 e. The first-order valence-electron chi connectivity index (χ1n) is 9.22. The number of halogens is 1. The van der Waals surface area contributed by atoms with E-state index in [-0.39, 0.29) is 16.3 Å². The van der Waals surface area contributed by atoms with Crippen molar-refractivity contribution in [1.29, 1.82) is 0 Å². The van der Waals surface area contributed by atoms with Gasteiger partial charge in [0.05, 0.1) is 24.3 Å². The number of thiophene rings is 1. The van der Waals surface area contributed by atoms with Gasteiger partial charge in [-0.05, 0) is 36.4 Å². The molecule has 162 valence electrons. The number of hydrogen-bond donors (Lipinski definition) is 2. The lowest BCUT2D eigenvalue weighted by molar-refractivity contribution is -0.123. The fourth-order valence-corrected chi connectivity index (χ4v) is 3.33. The number of carbonyl (C=O) groups excluding carboxylic acids is 3. The second-order valence-corrected chi connectivity index (χ2v) is 7.49. The van der Waals surface area contributed by atoms with E-state index in [1.807, 2.05) is 24.4 Å². The van der Waals surface area contributed by atoms with Crippen LogP contribution >= 0.6 is 22.9 Å². The topological polar surface area (TPSA) is 103 Å². The number of hydrogen-bond acceptors (Lipinski definition) is 7. The molecule has 0 aliphatic heterocycles. The lowest BCUT2D eigenvalue weighted by Crippen LogP contribution is -2.42. The predicted molar refractivity (Wildman–Crippen MR) is 114 cm³/mol. The minimum atomic E-state index is -0.787. The number of nitrogens with one attached hydrogen (secondary N) is 2. The average Bonchev–Trinajstić information content (AvgIpc) is 3.24. The van der Waals surface area contributed by atoms with Gasteiger partial charge in [0.2, 0.25) is 0 Å². The van der Waals surface area contributed by atoms with Crippen molar-refractivity contribution in [3.63, 3.8) is 0 Å². The van der Waals surface area contributed by atoms with Crippen molar-refractivity contribution in [2.45, 2.75) is 19.8 Å². The zero-order valence-electron chi connectivity index (χ0n) is 16.7. The van der Waals surface area contributed by atoms with Crippen LogP contribution in [0.25, 0.3) is 0 Å². The van der Waals surface area contributed by atoms with Crippen LogP contribution < -0.4 is 20.1 Å². The van der Waals surface area contributed by atoms with Gasteiger partial charge in [-0.15, -0.1) is 11.3 Å². The number of urea groups is 1.